The molecule has 1 nitrogen and oxygen atoms in total. The molecule has 0 rings (SSSR count). The van der Waals surface area contributed by atoms with Gasteiger partial charge in [-0.3, -0.25) is 0 Å². The number of unbranched alkanes of at least 4 members (excludes halogenated alkanes) is 4. The Hall–Kier alpha value is -0.300. The molecule has 0 saturated carbocycles. The maximum absolute atomic E-state index is 4.39. The van der Waals surface area contributed by atoms with Gasteiger partial charge < -0.3 is 0 Å². The predicted octanol–water partition coefficient (Wildman–Crippen LogP) is 2.95. The van der Waals surface area contributed by atoms with Crippen molar-refractivity contribution in [3.63, 3.8) is 0 Å². The number of rotatable bonds is 9. The molecular weight excluding hydrogens is 146 g/mol. The fraction of sp³-hybridized carbons (Fsp3) is 0.727. The summed E-state index contributed by atoms with van der Waals surface area (Å²) in [7, 11) is 0. The molecule has 0 aromatic rings. The standard InChI is InChI=1S/C11H21N/c1-3-5-7-9-11-12-10-8-6-4-2/h3,9H,1,4-8,10-11H2,2H3. The molecule has 0 aromatic heterocycles. The zero-order chi connectivity index (χ0) is 9.07. The van der Waals surface area contributed by atoms with Gasteiger partial charge in [0.25, 0.3) is 0 Å². The first-order chi connectivity index (χ1) is 5.91. The number of hydrogen-bond donors (Lipinski definition) is 0. The van der Waals surface area contributed by atoms with Crippen LogP contribution in [0.15, 0.2) is 12.7 Å². The normalized spacial score (nSPS) is 10.1. The largest absolute Gasteiger partial charge is 0.241 e. The molecule has 1 heteroatoms. The fourth-order valence-corrected chi connectivity index (χ4v) is 0.983. The van der Waals surface area contributed by atoms with Crippen LogP contribution in [0.3, 0.4) is 0 Å². The zero-order valence-corrected chi connectivity index (χ0v) is 8.26. The smallest absolute Gasteiger partial charge is 0.0164 e. The van der Waals surface area contributed by atoms with Crippen molar-refractivity contribution in [3.05, 3.63) is 19.1 Å². The first-order valence-corrected chi connectivity index (χ1v) is 4.97. The average molecular weight is 167 g/mol. The lowest BCUT2D eigenvalue weighted by molar-refractivity contribution is 0.622. The van der Waals surface area contributed by atoms with E-state index < -0.39 is 0 Å². The predicted molar refractivity (Wildman–Crippen MR) is 55.1 cm³/mol. The molecule has 0 bridgehead atoms. The van der Waals surface area contributed by atoms with Crippen molar-refractivity contribution in [2.45, 2.75) is 39.0 Å². The van der Waals surface area contributed by atoms with Crippen molar-refractivity contribution >= 4 is 0 Å². The van der Waals surface area contributed by atoms with Gasteiger partial charge >= 0.3 is 0 Å². The summed E-state index contributed by atoms with van der Waals surface area (Å²) in [5.41, 5.74) is 0. The summed E-state index contributed by atoms with van der Waals surface area (Å²) in [5.74, 6) is 0. The minimum absolute atomic E-state index is 0.928. The van der Waals surface area contributed by atoms with Crippen LogP contribution in [0.25, 0.3) is 0 Å². The van der Waals surface area contributed by atoms with Crippen LogP contribution in [-0.2, 0) is 0 Å². The molecule has 0 aliphatic heterocycles. The fourth-order valence-electron chi connectivity index (χ4n) is 0.983. The lowest BCUT2D eigenvalue weighted by Gasteiger charge is -1.99. The minimum atomic E-state index is 0.928. The molecule has 2 radical (unpaired) electrons. The van der Waals surface area contributed by atoms with Crippen LogP contribution in [0.4, 0.5) is 0 Å². The molecule has 0 aliphatic carbocycles. The Labute approximate surface area is 77.2 Å². The molecule has 0 aliphatic rings. The summed E-state index contributed by atoms with van der Waals surface area (Å²) in [6, 6.07) is 0. The lowest BCUT2D eigenvalue weighted by atomic mass is 10.2. The Morgan fingerprint density at radius 3 is 2.75 bits per heavy atom. The molecule has 0 spiro atoms. The first-order valence-electron chi connectivity index (χ1n) is 4.97. The van der Waals surface area contributed by atoms with Crippen molar-refractivity contribution in [2.75, 3.05) is 13.1 Å². The van der Waals surface area contributed by atoms with Crippen LogP contribution < -0.4 is 5.32 Å². The van der Waals surface area contributed by atoms with E-state index in [0.29, 0.717) is 0 Å². The summed E-state index contributed by atoms with van der Waals surface area (Å²) in [6.45, 7) is 7.86. The maximum Gasteiger partial charge on any atom is 0.0164 e. The summed E-state index contributed by atoms with van der Waals surface area (Å²) < 4.78 is 0. The van der Waals surface area contributed by atoms with Gasteiger partial charge in [0.2, 0.25) is 0 Å². The Morgan fingerprint density at radius 1 is 1.25 bits per heavy atom. The van der Waals surface area contributed by atoms with Crippen LogP contribution in [0.5, 0.6) is 0 Å². The highest BCUT2D eigenvalue weighted by Crippen LogP contribution is 1.94. The third-order valence-electron chi connectivity index (χ3n) is 1.75. The van der Waals surface area contributed by atoms with Gasteiger partial charge in [-0.25, -0.2) is 5.32 Å². The van der Waals surface area contributed by atoms with E-state index in [1.165, 1.54) is 19.3 Å². The summed E-state index contributed by atoms with van der Waals surface area (Å²) in [4.78, 5) is 0. The van der Waals surface area contributed by atoms with Crippen LogP contribution in [-0.4, -0.2) is 13.1 Å². The lowest BCUT2D eigenvalue weighted by Crippen LogP contribution is -2.08. The van der Waals surface area contributed by atoms with Crippen molar-refractivity contribution in [3.8, 4) is 0 Å². The van der Waals surface area contributed by atoms with Gasteiger partial charge in [0, 0.05) is 13.1 Å². The van der Waals surface area contributed by atoms with Gasteiger partial charge in [0.1, 0.15) is 0 Å². The van der Waals surface area contributed by atoms with Crippen molar-refractivity contribution in [2.24, 2.45) is 0 Å². The van der Waals surface area contributed by atoms with E-state index in [1.807, 2.05) is 6.08 Å². The van der Waals surface area contributed by atoms with Crippen LogP contribution in [0, 0.1) is 6.42 Å². The maximum atomic E-state index is 4.39. The molecule has 70 valence electrons. The minimum Gasteiger partial charge on any atom is -0.241 e. The van der Waals surface area contributed by atoms with E-state index in [0.717, 1.165) is 25.9 Å². The summed E-state index contributed by atoms with van der Waals surface area (Å²) in [5, 5.41) is 4.39. The molecule has 12 heavy (non-hydrogen) atoms. The van der Waals surface area contributed by atoms with E-state index >= 15 is 0 Å². The Kier molecular flexibility index (Phi) is 10.4. The zero-order valence-electron chi connectivity index (χ0n) is 8.26. The SMILES string of the molecule is C=CCC[CH]C[N]CCCCC. The number of allylic oxidation sites excluding steroid dienone is 1. The highest BCUT2D eigenvalue weighted by molar-refractivity contribution is 4.74. The second kappa shape index (κ2) is 10.7. The van der Waals surface area contributed by atoms with Gasteiger partial charge in [0.05, 0.1) is 0 Å². The quantitative estimate of drug-likeness (QED) is 0.370. The summed E-state index contributed by atoms with van der Waals surface area (Å²) >= 11 is 0. The van der Waals surface area contributed by atoms with Crippen LogP contribution in [0.2, 0.25) is 0 Å². The van der Waals surface area contributed by atoms with Crippen LogP contribution in [0.1, 0.15) is 39.0 Å². The van der Waals surface area contributed by atoms with Gasteiger partial charge in [0.15, 0.2) is 0 Å². The Bertz CT molecular complexity index is 89.0. The van der Waals surface area contributed by atoms with E-state index in [1.54, 1.807) is 0 Å². The number of hydrogen-bond acceptors (Lipinski definition) is 0. The third-order valence-corrected chi connectivity index (χ3v) is 1.75. The van der Waals surface area contributed by atoms with E-state index in [-0.39, 0.29) is 0 Å². The molecule has 0 heterocycles. The summed E-state index contributed by atoms with van der Waals surface area (Å²) in [6.07, 6.45) is 10.3. The highest BCUT2D eigenvalue weighted by Gasteiger charge is 1.89. The molecule has 0 fully saturated rings. The van der Waals surface area contributed by atoms with Crippen molar-refractivity contribution < 1.29 is 0 Å². The molecule has 0 aromatic carbocycles. The van der Waals surface area contributed by atoms with Gasteiger partial charge in [-0.15, -0.1) is 6.58 Å². The third kappa shape index (κ3) is 9.70. The second-order valence-corrected chi connectivity index (χ2v) is 2.99. The Balaban J connectivity index is 2.77. The first kappa shape index (κ1) is 11.7. The van der Waals surface area contributed by atoms with Gasteiger partial charge in [-0.05, 0) is 25.7 Å². The highest BCUT2D eigenvalue weighted by atomic mass is 14.8. The average Bonchev–Trinajstić information content (AvgIpc) is 2.10. The number of nitrogens with zero attached hydrogens (tertiary/aromatic N) is 1. The van der Waals surface area contributed by atoms with E-state index in [9.17, 15) is 0 Å². The van der Waals surface area contributed by atoms with Gasteiger partial charge in [-0.2, -0.15) is 0 Å². The molecule has 0 saturated heterocycles. The topological polar surface area (TPSA) is 14.1 Å². The molecule has 0 amide bonds. The van der Waals surface area contributed by atoms with E-state index in [2.05, 4.69) is 25.2 Å². The molecule has 0 unspecified atom stereocenters. The van der Waals surface area contributed by atoms with Crippen LogP contribution >= 0.6 is 0 Å². The molecule has 0 N–H and O–H groups in total. The monoisotopic (exact) mass is 167 g/mol. The second-order valence-electron chi connectivity index (χ2n) is 2.99. The van der Waals surface area contributed by atoms with E-state index in [4.69, 9.17) is 0 Å². The molecule has 0 atom stereocenters. The Morgan fingerprint density at radius 2 is 2.08 bits per heavy atom. The van der Waals surface area contributed by atoms with Crippen molar-refractivity contribution in [1.29, 1.82) is 0 Å². The van der Waals surface area contributed by atoms with Crippen molar-refractivity contribution in [1.82, 2.24) is 5.32 Å². The molecular formula is C11H21N. The van der Waals surface area contributed by atoms with Gasteiger partial charge in [-0.1, -0.05) is 25.8 Å².